The van der Waals surface area contributed by atoms with Crippen LogP contribution in [0.4, 0.5) is 10.1 Å². The molecule has 3 aromatic rings. The molecule has 3 rings (SSSR count). The maximum Gasteiger partial charge on any atom is 0.281 e. The summed E-state index contributed by atoms with van der Waals surface area (Å²) in [6.07, 6.45) is 0.575. The summed E-state index contributed by atoms with van der Waals surface area (Å²) in [6, 6.07) is 11.0. The van der Waals surface area contributed by atoms with E-state index in [1.807, 2.05) is 0 Å². The van der Waals surface area contributed by atoms with Crippen LogP contribution in [0, 0.1) is 12.7 Å². The maximum atomic E-state index is 13.6. The fourth-order valence-electron chi connectivity index (χ4n) is 2.35. The van der Waals surface area contributed by atoms with Crippen molar-refractivity contribution in [2.75, 3.05) is 5.32 Å². The summed E-state index contributed by atoms with van der Waals surface area (Å²) in [5.41, 5.74) is 0.550. The molecule has 1 aromatic carbocycles. The first-order chi connectivity index (χ1) is 12.0. The Morgan fingerprint density at radius 3 is 2.72 bits per heavy atom. The van der Waals surface area contributed by atoms with Crippen LogP contribution >= 0.6 is 0 Å². The Morgan fingerprint density at radius 2 is 1.96 bits per heavy atom. The Kier molecular flexibility index (Phi) is 4.47. The van der Waals surface area contributed by atoms with Crippen molar-refractivity contribution in [3.05, 3.63) is 70.5 Å². The number of rotatable bonds is 4. The van der Waals surface area contributed by atoms with E-state index in [2.05, 4.69) is 10.3 Å². The van der Waals surface area contributed by atoms with Gasteiger partial charge >= 0.3 is 0 Å². The van der Waals surface area contributed by atoms with Gasteiger partial charge < -0.3 is 10.1 Å². The predicted octanol–water partition coefficient (Wildman–Crippen LogP) is 2.55. The molecule has 0 aliphatic carbocycles. The van der Waals surface area contributed by atoms with Crippen molar-refractivity contribution < 1.29 is 13.9 Å². The Bertz CT molecular complexity index is 1000. The molecule has 0 bridgehead atoms. The van der Waals surface area contributed by atoms with Crippen molar-refractivity contribution in [2.24, 2.45) is 0 Å². The first kappa shape index (κ1) is 16.6. The third-order valence-electron chi connectivity index (χ3n) is 3.67. The molecule has 2 aromatic heterocycles. The van der Waals surface area contributed by atoms with Crippen LogP contribution in [0.2, 0.25) is 0 Å². The summed E-state index contributed by atoms with van der Waals surface area (Å²) in [7, 11) is 0. The summed E-state index contributed by atoms with van der Waals surface area (Å²) in [6.45, 7) is 3.11. The monoisotopic (exact) mass is 341 g/mol. The summed E-state index contributed by atoms with van der Waals surface area (Å²) in [5.74, 6) is -1.16. The number of para-hydroxylation sites is 1. The van der Waals surface area contributed by atoms with Gasteiger partial charge in [0, 0.05) is 6.20 Å². The van der Waals surface area contributed by atoms with Gasteiger partial charge in [-0.1, -0.05) is 18.2 Å². The van der Waals surface area contributed by atoms with Crippen molar-refractivity contribution in [2.45, 2.75) is 20.0 Å². The molecule has 1 amide bonds. The number of halogens is 1. The molecular formula is C18H16FN3O3. The van der Waals surface area contributed by atoms with Gasteiger partial charge in [0.25, 0.3) is 11.5 Å². The lowest BCUT2D eigenvalue weighted by Gasteiger charge is -2.16. The summed E-state index contributed by atoms with van der Waals surface area (Å²) in [4.78, 5) is 29.2. The smallest absolute Gasteiger partial charge is 0.281 e. The molecular weight excluding hydrogens is 325 g/mol. The van der Waals surface area contributed by atoms with Crippen LogP contribution in [0.15, 0.2) is 53.5 Å². The zero-order chi connectivity index (χ0) is 18.0. The summed E-state index contributed by atoms with van der Waals surface area (Å²) in [5, 5.41) is 2.53. The van der Waals surface area contributed by atoms with E-state index in [1.54, 1.807) is 37.4 Å². The number of carbonyl (C=O) groups excluding carboxylic acids is 1. The normalized spacial score (nSPS) is 12.0. The van der Waals surface area contributed by atoms with Gasteiger partial charge in [0.1, 0.15) is 11.3 Å². The Hall–Kier alpha value is -3.22. The van der Waals surface area contributed by atoms with Crippen molar-refractivity contribution >= 4 is 17.2 Å². The number of aryl methyl sites for hydroxylation is 1. The van der Waals surface area contributed by atoms with Gasteiger partial charge in [0.15, 0.2) is 17.7 Å². The molecule has 6 nitrogen and oxygen atoms in total. The highest BCUT2D eigenvalue weighted by Crippen LogP contribution is 2.17. The lowest BCUT2D eigenvalue weighted by atomic mass is 10.3. The van der Waals surface area contributed by atoms with Gasteiger partial charge in [-0.25, -0.2) is 9.37 Å². The number of hydrogen-bond acceptors (Lipinski definition) is 4. The number of carbonyl (C=O) groups is 1. The Morgan fingerprint density at radius 1 is 1.24 bits per heavy atom. The highest BCUT2D eigenvalue weighted by molar-refractivity contribution is 5.94. The molecule has 128 valence electrons. The van der Waals surface area contributed by atoms with Gasteiger partial charge in [0.2, 0.25) is 0 Å². The maximum absolute atomic E-state index is 13.6. The average Bonchev–Trinajstić information content (AvgIpc) is 2.60. The van der Waals surface area contributed by atoms with Crippen LogP contribution in [0.1, 0.15) is 12.6 Å². The molecule has 0 fully saturated rings. The Labute approximate surface area is 142 Å². The fourth-order valence-corrected chi connectivity index (χ4v) is 2.35. The number of anilines is 1. The number of nitrogens with one attached hydrogen (secondary N) is 1. The summed E-state index contributed by atoms with van der Waals surface area (Å²) < 4.78 is 20.3. The van der Waals surface area contributed by atoms with Gasteiger partial charge in [0.05, 0.1) is 5.69 Å². The Balaban J connectivity index is 1.84. The standard InChI is InChI=1S/C18H16FN3O3/c1-11-16(18(24)22-10-6-5-9-15(22)20-11)21-17(23)12(2)25-14-8-4-3-7-13(14)19/h3-10,12H,1-2H3,(H,21,23)/t12-/m0/s1. The zero-order valence-corrected chi connectivity index (χ0v) is 13.7. The zero-order valence-electron chi connectivity index (χ0n) is 13.7. The molecule has 0 unspecified atom stereocenters. The minimum Gasteiger partial charge on any atom is -0.478 e. The number of amides is 1. The van der Waals surface area contributed by atoms with Crippen molar-refractivity contribution in [1.82, 2.24) is 9.38 Å². The number of fused-ring (bicyclic) bond motifs is 1. The highest BCUT2D eigenvalue weighted by Gasteiger charge is 2.20. The minimum absolute atomic E-state index is 0.0322. The number of benzene rings is 1. The lowest BCUT2D eigenvalue weighted by molar-refractivity contribution is -0.122. The third-order valence-corrected chi connectivity index (χ3v) is 3.67. The van der Waals surface area contributed by atoms with Crippen LogP contribution in [0.25, 0.3) is 5.65 Å². The van der Waals surface area contributed by atoms with Crippen LogP contribution in [-0.4, -0.2) is 21.4 Å². The molecule has 0 radical (unpaired) electrons. The second kappa shape index (κ2) is 6.72. The van der Waals surface area contributed by atoms with Gasteiger partial charge in [-0.3, -0.25) is 14.0 Å². The van der Waals surface area contributed by atoms with Gasteiger partial charge in [-0.2, -0.15) is 0 Å². The lowest BCUT2D eigenvalue weighted by Crippen LogP contribution is -2.33. The topological polar surface area (TPSA) is 72.7 Å². The van der Waals surface area contributed by atoms with Crippen LogP contribution in [0.5, 0.6) is 5.75 Å². The SMILES string of the molecule is Cc1nc2ccccn2c(=O)c1NC(=O)[C@H](C)Oc1ccccc1F. The first-order valence-corrected chi connectivity index (χ1v) is 7.67. The molecule has 7 heteroatoms. The van der Waals surface area contributed by atoms with E-state index in [1.165, 1.54) is 29.5 Å². The second-order valence-corrected chi connectivity index (χ2v) is 5.49. The van der Waals surface area contributed by atoms with E-state index in [0.29, 0.717) is 11.3 Å². The molecule has 0 saturated heterocycles. The predicted molar refractivity (Wildman–Crippen MR) is 91.3 cm³/mol. The quantitative estimate of drug-likeness (QED) is 0.791. The van der Waals surface area contributed by atoms with Crippen molar-refractivity contribution in [3.8, 4) is 5.75 Å². The second-order valence-electron chi connectivity index (χ2n) is 5.49. The molecule has 0 aliphatic rings. The number of nitrogens with zero attached hydrogens (tertiary/aromatic N) is 2. The molecule has 1 atom stereocenters. The number of pyridine rings is 1. The number of hydrogen-bond donors (Lipinski definition) is 1. The van der Waals surface area contributed by atoms with E-state index >= 15 is 0 Å². The summed E-state index contributed by atoms with van der Waals surface area (Å²) >= 11 is 0. The molecule has 1 N–H and O–H groups in total. The highest BCUT2D eigenvalue weighted by atomic mass is 19.1. The molecule has 25 heavy (non-hydrogen) atoms. The molecule has 0 aliphatic heterocycles. The van der Waals surface area contributed by atoms with E-state index in [-0.39, 0.29) is 11.4 Å². The molecule has 0 spiro atoms. The van der Waals surface area contributed by atoms with Crippen LogP contribution in [-0.2, 0) is 4.79 Å². The van der Waals surface area contributed by atoms with Gasteiger partial charge in [-0.05, 0) is 38.1 Å². The van der Waals surface area contributed by atoms with E-state index < -0.39 is 23.4 Å². The van der Waals surface area contributed by atoms with Gasteiger partial charge in [-0.15, -0.1) is 0 Å². The number of aromatic nitrogens is 2. The minimum atomic E-state index is -0.993. The first-order valence-electron chi connectivity index (χ1n) is 7.67. The van der Waals surface area contributed by atoms with Crippen LogP contribution < -0.4 is 15.6 Å². The van der Waals surface area contributed by atoms with Crippen molar-refractivity contribution in [1.29, 1.82) is 0 Å². The largest absolute Gasteiger partial charge is 0.478 e. The fraction of sp³-hybridized carbons (Fsp3) is 0.167. The van der Waals surface area contributed by atoms with E-state index in [4.69, 9.17) is 4.74 Å². The van der Waals surface area contributed by atoms with Crippen LogP contribution in [0.3, 0.4) is 0 Å². The molecule has 2 heterocycles. The van der Waals surface area contributed by atoms with Crippen molar-refractivity contribution in [3.63, 3.8) is 0 Å². The average molecular weight is 341 g/mol. The number of ether oxygens (including phenoxy) is 1. The van der Waals surface area contributed by atoms with E-state index in [9.17, 15) is 14.0 Å². The van der Waals surface area contributed by atoms with E-state index in [0.717, 1.165) is 0 Å². The molecule has 0 saturated carbocycles. The third kappa shape index (κ3) is 3.35.